The Labute approximate surface area is 104 Å². The third-order valence-corrected chi connectivity index (χ3v) is 4.98. The van der Waals surface area contributed by atoms with Gasteiger partial charge in [-0.15, -0.1) is 0 Å². The molecule has 0 saturated heterocycles. The number of hydrogen-bond acceptors (Lipinski definition) is 3. The number of ether oxygens (including phenoxy) is 2. The fourth-order valence-electron chi connectivity index (χ4n) is 3.52. The Morgan fingerprint density at radius 1 is 1.53 bits per heavy atom. The fourth-order valence-corrected chi connectivity index (χ4v) is 3.52. The molecule has 0 amide bonds. The normalized spacial score (nSPS) is 46.0. The molecule has 0 aromatic carbocycles. The Morgan fingerprint density at radius 3 is 2.88 bits per heavy atom. The van der Waals surface area contributed by atoms with Gasteiger partial charge in [0, 0.05) is 13.0 Å². The Kier molecular flexibility index (Phi) is 3.62. The standard InChI is InChI=1S/C14H24O3/c1-9-7-12(17-8-16-4)13-10(2)14(9,3)6-5-11(13)15/h9,11-13,15H,2,5-8H2,1,3-4H3/t9-,11-,12-,13-,14+/m1/s1. The number of rotatable bonds is 3. The molecule has 3 nitrogen and oxygen atoms in total. The summed E-state index contributed by atoms with van der Waals surface area (Å²) in [5, 5.41) is 10.2. The van der Waals surface area contributed by atoms with Gasteiger partial charge in [-0.3, -0.25) is 0 Å². The summed E-state index contributed by atoms with van der Waals surface area (Å²) in [6.45, 7) is 9.09. The van der Waals surface area contributed by atoms with Crippen LogP contribution in [0.15, 0.2) is 12.2 Å². The quantitative estimate of drug-likeness (QED) is 0.608. The van der Waals surface area contributed by atoms with Gasteiger partial charge in [0.05, 0.1) is 12.2 Å². The minimum Gasteiger partial charge on any atom is -0.392 e. The summed E-state index contributed by atoms with van der Waals surface area (Å²) in [4.78, 5) is 0. The summed E-state index contributed by atoms with van der Waals surface area (Å²) in [6, 6.07) is 0. The maximum Gasteiger partial charge on any atom is 0.146 e. The van der Waals surface area contributed by atoms with Crippen molar-refractivity contribution in [3.05, 3.63) is 12.2 Å². The van der Waals surface area contributed by atoms with E-state index in [1.54, 1.807) is 7.11 Å². The van der Waals surface area contributed by atoms with E-state index in [2.05, 4.69) is 20.4 Å². The highest BCUT2D eigenvalue weighted by Crippen LogP contribution is 2.55. The van der Waals surface area contributed by atoms with E-state index in [0.29, 0.717) is 12.7 Å². The van der Waals surface area contributed by atoms with Gasteiger partial charge in [-0.2, -0.15) is 0 Å². The van der Waals surface area contributed by atoms with Crippen molar-refractivity contribution in [2.75, 3.05) is 13.9 Å². The van der Waals surface area contributed by atoms with Gasteiger partial charge >= 0.3 is 0 Å². The molecule has 0 heterocycles. The summed E-state index contributed by atoms with van der Waals surface area (Å²) < 4.78 is 10.7. The van der Waals surface area contributed by atoms with E-state index in [4.69, 9.17) is 9.47 Å². The van der Waals surface area contributed by atoms with E-state index in [9.17, 15) is 5.11 Å². The van der Waals surface area contributed by atoms with Crippen molar-refractivity contribution < 1.29 is 14.6 Å². The highest BCUT2D eigenvalue weighted by molar-refractivity contribution is 5.24. The molecule has 2 rings (SSSR count). The lowest BCUT2D eigenvalue weighted by Crippen LogP contribution is -2.52. The summed E-state index contributed by atoms with van der Waals surface area (Å²) >= 11 is 0. The number of aliphatic hydroxyl groups excluding tert-OH is 1. The second-order valence-electron chi connectivity index (χ2n) is 5.82. The highest BCUT2D eigenvalue weighted by Gasteiger charge is 2.51. The molecule has 0 radical (unpaired) electrons. The van der Waals surface area contributed by atoms with Crippen LogP contribution in [0.2, 0.25) is 0 Å². The van der Waals surface area contributed by atoms with Crippen LogP contribution in [0, 0.1) is 17.3 Å². The van der Waals surface area contributed by atoms with E-state index in [-0.39, 0.29) is 23.5 Å². The molecular formula is C14H24O3. The lowest BCUT2D eigenvalue weighted by molar-refractivity contribution is -0.141. The van der Waals surface area contributed by atoms with Crippen LogP contribution in [-0.4, -0.2) is 31.2 Å². The molecule has 2 aliphatic carbocycles. The van der Waals surface area contributed by atoms with Crippen molar-refractivity contribution in [1.82, 2.24) is 0 Å². The van der Waals surface area contributed by atoms with Crippen molar-refractivity contribution in [3.8, 4) is 0 Å². The van der Waals surface area contributed by atoms with Crippen molar-refractivity contribution in [2.24, 2.45) is 17.3 Å². The molecule has 0 spiro atoms. The van der Waals surface area contributed by atoms with Gasteiger partial charge in [0.1, 0.15) is 6.79 Å². The van der Waals surface area contributed by atoms with Gasteiger partial charge in [-0.25, -0.2) is 0 Å². The molecule has 17 heavy (non-hydrogen) atoms. The van der Waals surface area contributed by atoms with E-state index in [1.165, 1.54) is 5.57 Å². The van der Waals surface area contributed by atoms with Crippen LogP contribution in [-0.2, 0) is 9.47 Å². The maximum atomic E-state index is 10.2. The van der Waals surface area contributed by atoms with Crippen molar-refractivity contribution in [2.45, 2.75) is 45.3 Å². The molecule has 5 atom stereocenters. The third kappa shape index (κ3) is 2.05. The zero-order valence-electron chi connectivity index (χ0n) is 11.1. The van der Waals surface area contributed by atoms with Gasteiger partial charge in [0.15, 0.2) is 0 Å². The van der Waals surface area contributed by atoms with Gasteiger partial charge in [-0.05, 0) is 30.6 Å². The largest absolute Gasteiger partial charge is 0.392 e. The average molecular weight is 240 g/mol. The SMILES string of the molecule is C=C1[C@@H]2[C@H](O)CC[C@@]1(C)[C@H](C)C[C@H]2OCOC. The van der Waals surface area contributed by atoms with Gasteiger partial charge in [0.2, 0.25) is 0 Å². The van der Waals surface area contributed by atoms with Crippen LogP contribution < -0.4 is 0 Å². The minimum atomic E-state index is -0.301. The lowest BCUT2D eigenvalue weighted by Gasteiger charge is -2.54. The molecule has 2 aliphatic rings. The third-order valence-electron chi connectivity index (χ3n) is 4.98. The number of aliphatic hydroxyl groups is 1. The van der Waals surface area contributed by atoms with Crippen LogP contribution >= 0.6 is 0 Å². The summed E-state index contributed by atoms with van der Waals surface area (Å²) in [7, 11) is 1.63. The predicted octanol–water partition coefficient (Wildman–Crippen LogP) is 2.35. The Morgan fingerprint density at radius 2 is 2.24 bits per heavy atom. The predicted molar refractivity (Wildman–Crippen MR) is 66.5 cm³/mol. The summed E-state index contributed by atoms with van der Waals surface area (Å²) in [6.07, 6.45) is 2.64. The van der Waals surface area contributed by atoms with E-state index >= 15 is 0 Å². The second kappa shape index (κ2) is 4.71. The van der Waals surface area contributed by atoms with Crippen molar-refractivity contribution >= 4 is 0 Å². The molecule has 2 bridgehead atoms. The van der Waals surface area contributed by atoms with Gasteiger partial charge in [-0.1, -0.05) is 26.0 Å². The topological polar surface area (TPSA) is 38.7 Å². The molecule has 1 N–H and O–H groups in total. The maximum absolute atomic E-state index is 10.2. The van der Waals surface area contributed by atoms with Crippen LogP contribution in [0.4, 0.5) is 0 Å². The van der Waals surface area contributed by atoms with Gasteiger partial charge < -0.3 is 14.6 Å². The van der Waals surface area contributed by atoms with Gasteiger partial charge in [0.25, 0.3) is 0 Å². The number of fused-ring (bicyclic) bond motifs is 2. The summed E-state index contributed by atoms with van der Waals surface area (Å²) in [5.74, 6) is 0.640. The number of hydrogen-bond donors (Lipinski definition) is 1. The number of methoxy groups -OCH3 is 1. The Hall–Kier alpha value is -0.380. The first-order valence-corrected chi connectivity index (χ1v) is 6.48. The van der Waals surface area contributed by atoms with Crippen LogP contribution in [0.25, 0.3) is 0 Å². The molecule has 2 saturated carbocycles. The second-order valence-corrected chi connectivity index (χ2v) is 5.82. The van der Waals surface area contributed by atoms with E-state index < -0.39 is 0 Å². The zero-order chi connectivity index (χ0) is 12.6. The van der Waals surface area contributed by atoms with E-state index in [1.807, 2.05) is 0 Å². The molecule has 0 aromatic rings. The Bertz CT molecular complexity index is 302. The first-order chi connectivity index (χ1) is 8.00. The molecule has 3 heteroatoms. The molecule has 0 aromatic heterocycles. The average Bonchev–Trinajstić information content (AvgIpc) is 2.29. The van der Waals surface area contributed by atoms with Crippen LogP contribution in [0.1, 0.15) is 33.1 Å². The molecule has 2 fully saturated rings. The Balaban J connectivity index is 2.19. The lowest BCUT2D eigenvalue weighted by atomic mass is 9.54. The first-order valence-electron chi connectivity index (χ1n) is 6.48. The monoisotopic (exact) mass is 240 g/mol. The minimum absolute atomic E-state index is 0.0563. The highest BCUT2D eigenvalue weighted by atomic mass is 16.7. The first kappa shape index (κ1) is 13.1. The van der Waals surface area contributed by atoms with E-state index in [0.717, 1.165) is 19.3 Å². The smallest absolute Gasteiger partial charge is 0.146 e. The van der Waals surface area contributed by atoms with Crippen LogP contribution in [0.5, 0.6) is 0 Å². The van der Waals surface area contributed by atoms with Crippen LogP contribution in [0.3, 0.4) is 0 Å². The van der Waals surface area contributed by atoms with Crippen molar-refractivity contribution in [3.63, 3.8) is 0 Å². The molecule has 0 aliphatic heterocycles. The molecule has 98 valence electrons. The summed E-state index contributed by atoms with van der Waals surface area (Å²) in [5.41, 5.74) is 1.35. The fraction of sp³-hybridized carbons (Fsp3) is 0.857. The zero-order valence-corrected chi connectivity index (χ0v) is 11.1. The molecular weight excluding hydrogens is 216 g/mol. The molecule has 0 unspecified atom stereocenters. The van der Waals surface area contributed by atoms with Crippen molar-refractivity contribution in [1.29, 1.82) is 0 Å².